The lowest BCUT2D eigenvalue weighted by atomic mass is 9.85. The third kappa shape index (κ3) is 6.51. The number of halogens is 4. The van der Waals surface area contributed by atoms with Crippen LogP contribution in [0.2, 0.25) is 5.02 Å². The van der Waals surface area contributed by atoms with Gasteiger partial charge in [-0.1, -0.05) is 32.4 Å². The van der Waals surface area contributed by atoms with Crippen molar-refractivity contribution in [2.75, 3.05) is 13.4 Å². The zero-order valence-corrected chi connectivity index (χ0v) is 18.0. The highest BCUT2D eigenvalue weighted by molar-refractivity contribution is 6.31. The van der Waals surface area contributed by atoms with Gasteiger partial charge in [0.1, 0.15) is 12.4 Å². The van der Waals surface area contributed by atoms with Gasteiger partial charge >= 0.3 is 18.3 Å². The van der Waals surface area contributed by atoms with Crippen molar-refractivity contribution in [3.8, 4) is 5.75 Å². The fourth-order valence-corrected chi connectivity index (χ4v) is 3.10. The first-order valence-corrected chi connectivity index (χ1v) is 9.51. The molecule has 0 fully saturated rings. The molecule has 0 saturated heterocycles. The van der Waals surface area contributed by atoms with E-state index < -0.39 is 48.3 Å². The summed E-state index contributed by atoms with van der Waals surface area (Å²) in [5.41, 5.74) is -0.535. The Balaban J connectivity index is 2.23. The molecule has 2 rings (SSSR count). The number of benzene rings is 1. The number of esters is 1. The second-order valence-electron chi connectivity index (χ2n) is 7.86. The van der Waals surface area contributed by atoms with Gasteiger partial charge in [-0.15, -0.1) is 0 Å². The third-order valence-corrected chi connectivity index (χ3v) is 4.40. The maximum atomic E-state index is 13.6. The fourth-order valence-electron chi connectivity index (χ4n) is 2.65. The molecule has 0 radical (unpaired) electrons. The molecule has 0 saturated carbocycles. The molecule has 1 aliphatic rings. The van der Waals surface area contributed by atoms with Crippen LogP contribution in [-0.4, -0.2) is 49.0 Å². The largest absolute Gasteiger partial charge is 0.511 e. The van der Waals surface area contributed by atoms with Crippen LogP contribution >= 0.6 is 11.6 Å². The van der Waals surface area contributed by atoms with Gasteiger partial charge in [0, 0.05) is 10.6 Å². The van der Waals surface area contributed by atoms with E-state index in [1.807, 2.05) is 20.8 Å². The minimum absolute atomic E-state index is 0.0776. The Bertz CT molecular complexity index is 873. The number of carbonyl (C=O) groups excluding carboxylic acids is 2. The highest BCUT2D eigenvalue weighted by Gasteiger charge is 2.49. The van der Waals surface area contributed by atoms with Gasteiger partial charge in [-0.2, -0.15) is 13.2 Å². The van der Waals surface area contributed by atoms with Gasteiger partial charge in [-0.3, -0.25) is 0 Å². The van der Waals surface area contributed by atoms with Crippen LogP contribution in [0.4, 0.5) is 18.0 Å². The topological polar surface area (TPSA) is 91.3 Å². The van der Waals surface area contributed by atoms with Crippen molar-refractivity contribution in [2.45, 2.75) is 51.5 Å². The van der Waals surface area contributed by atoms with E-state index >= 15 is 0 Å². The molecular weight excluding hydrogens is 445 g/mol. The van der Waals surface area contributed by atoms with Gasteiger partial charge in [-0.05, 0) is 36.1 Å². The first-order valence-electron chi connectivity index (χ1n) is 9.14. The van der Waals surface area contributed by atoms with Crippen molar-refractivity contribution >= 4 is 29.8 Å². The van der Waals surface area contributed by atoms with Crippen LogP contribution in [-0.2, 0) is 24.4 Å². The molecule has 0 spiro atoms. The van der Waals surface area contributed by atoms with E-state index in [1.165, 1.54) is 19.1 Å². The predicted molar refractivity (Wildman–Crippen MR) is 104 cm³/mol. The van der Waals surface area contributed by atoms with Gasteiger partial charge in [0.25, 0.3) is 0 Å². The van der Waals surface area contributed by atoms with E-state index in [2.05, 4.69) is 14.2 Å². The van der Waals surface area contributed by atoms with Gasteiger partial charge in [0.15, 0.2) is 0 Å². The number of rotatable bonds is 5. The van der Waals surface area contributed by atoms with Crippen LogP contribution in [0.5, 0.6) is 5.75 Å². The molecule has 31 heavy (non-hydrogen) atoms. The van der Waals surface area contributed by atoms with E-state index in [1.54, 1.807) is 0 Å². The van der Waals surface area contributed by atoms with Crippen molar-refractivity contribution in [3.05, 3.63) is 33.9 Å². The van der Waals surface area contributed by atoms with Crippen molar-refractivity contribution < 1.29 is 46.8 Å². The van der Waals surface area contributed by atoms with Crippen LogP contribution in [0.15, 0.2) is 17.7 Å². The molecule has 1 aromatic rings. The maximum Gasteiger partial charge on any atom is 0.511 e. The quantitative estimate of drug-likeness (QED) is 0.508. The average molecular weight is 467 g/mol. The highest BCUT2D eigenvalue weighted by atomic mass is 35.5. The number of ether oxygens (including phenoxy) is 4. The number of alkyl halides is 3. The molecular formula is C20H22ClF3O7. The summed E-state index contributed by atoms with van der Waals surface area (Å²) in [6, 6.07) is 2.82. The minimum Gasteiger partial charge on any atom is -0.475 e. The molecule has 172 valence electrons. The summed E-state index contributed by atoms with van der Waals surface area (Å²) < 4.78 is 59.3. The normalized spacial score (nSPS) is 17.1. The van der Waals surface area contributed by atoms with Crippen molar-refractivity contribution in [1.82, 2.24) is 0 Å². The summed E-state index contributed by atoms with van der Waals surface area (Å²) in [6.07, 6.45) is -8.73. The zero-order chi connectivity index (χ0) is 23.6. The zero-order valence-electron chi connectivity index (χ0n) is 17.2. The molecule has 1 N–H and O–H groups in total. The second-order valence-corrected chi connectivity index (χ2v) is 8.27. The molecule has 0 aliphatic carbocycles. The molecule has 1 heterocycles. The lowest BCUT2D eigenvalue weighted by Gasteiger charge is -2.30. The Hall–Kier alpha value is -2.46. The second kappa shape index (κ2) is 9.35. The summed E-state index contributed by atoms with van der Waals surface area (Å²) in [4.78, 5) is 23.5. The Kier molecular flexibility index (Phi) is 7.48. The number of aliphatic hydroxyl groups excluding tert-OH is 1. The summed E-state index contributed by atoms with van der Waals surface area (Å²) in [7, 11) is 0. The van der Waals surface area contributed by atoms with E-state index in [9.17, 15) is 22.8 Å². The molecule has 1 aromatic carbocycles. The fraction of sp³-hybridized carbons (Fsp3) is 0.500. The Labute approximate surface area is 181 Å². The van der Waals surface area contributed by atoms with E-state index in [0.717, 1.165) is 6.08 Å². The summed E-state index contributed by atoms with van der Waals surface area (Å²) in [5, 5.41) is 9.30. The van der Waals surface area contributed by atoms with Crippen molar-refractivity contribution in [1.29, 1.82) is 0 Å². The lowest BCUT2D eigenvalue weighted by Crippen LogP contribution is -2.41. The smallest absolute Gasteiger partial charge is 0.475 e. The molecule has 0 bridgehead atoms. The third-order valence-electron chi connectivity index (χ3n) is 4.09. The first kappa shape index (κ1) is 24.8. The maximum absolute atomic E-state index is 13.6. The average Bonchev–Trinajstić information content (AvgIpc) is 2.63. The number of carbonyl (C=O) groups is 2. The molecule has 0 amide bonds. The van der Waals surface area contributed by atoms with Gasteiger partial charge in [-0.25, -0.2) is 9.59 Å². The molecule has 7 nitrogen and oxygen atoms in total. The number of hydrogen-bond acceptors (Lipinski definition) is 7. The Morgan fingerprint density at radius 2 is 1.84 bits per heavy atom. The van der Waals surface area contributed by atoms with Crippen molar-refractivity contribution in [3.63, 3.8) is 0 Å². The van der Waals surface area contributed by atoms with Crippen LogP contribution in [0, 0.1) is 0 Å². The Morgan fingerprint density at radius 3 is 2.39 bits per heavy atom. The number of fused-ring (bicyclic) bond motifs is 1. The lowest BCUT2D eigenvalue weighted by molar-refractivity contribution is -0.189. The van der Waals surface area contributed by atoms with Crippen LogP contribution in [0.3, 0.4) is 0 Å². The molecule has 1 aliphatic heterocycles. The molecule has 11 heteroatoms. The van der Waals surface area contributed by atoms with Crippen molar-refractivity contribution in [2.24, 2.45) is 0 Å². The first-order chi connectivity index (χ1) is 14.2. The standard InChI is InChI=1S/C20H22ClF3O7/c1-10(25)8-28-18(27)30-9-29-17(26)12-5-11-6-14(21)13(19(2,3)4)7-15(11)31-16(12)20(22,23)24/h5-7,10,16,25H,8-9H2,1-4H3/t10?,16-/m0/s1. The van der Waals surface area contributed by atoms with E-state index in [0.29, 0.717) is 10.6 Å². The number of aliphatic hydroxyl groups is 1. The van der Waals surface area contributed by atoms with Crippen LogP contribution < -0.4 is 4.74 Å². The summed E-state index contributed by atoms with van der Waals surface area (Å²) in [5.74, 6) is -1.47. The predicted octanol–water partition coefficient (Wildman–Crippen LogP) is 4.38. The highest BCUT2D eigenvalue weighted by Crippen LogP contribution is 2.42. The molecule has 0 aromatic heterocycles. The summed E-state index contributed by atoms with van der Waals surface area (Å²) in [6.45, 7) is 5.53. The Morgan fingerprint density at radius 1 is 1.19 bits per heavy atom. The molecule has 1 unspecified atom stereocenters. The van der Waals surface area contributed by atoms with Crippen LogP contribution in [0.1, 0.15) is 38.8 Å². The van der Waals surface area contributed by atoms with E-state index in [4.69, 9.17) is 21.4 Å². The minimum atomic E-state index is -4.92. The van der Waals surface area contributed by atoms with Gasteiger partial charge in [0.05, 0.1) is 11.7 Å². The van der Waals surface area contributed by atoms with Gasteiger partial charge in [0.2, 0.25) is 12.9 Å². The van der Waals surface area contributed by atoms with Gasteiger partial charge < -0.3 is 24.1 Å². The summed E-state index contributed by atoms with van der Waals surface area (Å²) >= 11 is 6.26. The SMILES string of the molecule is CC(O)COC(=O)OCOC(=O)C1=Cc2cc(Cl)c(C(C)(C)C)cc2O[C@@H]1C(F)(F)F. The number of hydrogen-bond donors (Lipinski definition) is 1. The van der Waals surface area contributed by atoms with E-state index in [-0.39, 0.29) is 17.9 Å². The van der Waals surface area contributed by atoms with Crippen LogP contribution in [0.25, 0.3) is 6.08 Å². The monoisotopic (exact) mass is 466 g/mol. The molecule has 2 atom stereocenters.